The molecule has 0 bridgehead atoms. The highest BCUT2D eigenvalue weighted by Crippen LogP contribution is 2.09. The van der Waals surface area contributed by atoms with Crippen LogP contribution in [0.1, 0.15) is 11.4 Å². The fraction of sp³-hybridized carbons (Fsp3) is 0.273. The van der Waals surface area contributed by atoms with Crippen LogP contribution >= 0.6 is 11.6 Å². The van der Waals surface area contributed by atoms with Gasteiger partial charge in [-0.15, -0.1) is 10.2 Å². The van der Waals surface area contributed by atoms with Gasteiger partial charge in [0.1, 0.15) is 5.82 Å². The maximum atomic E-state index is 5.90. The van der Waals surface area contributed by atoms with E-state index in [-0.39, 0.29) is 0 Å². The Kier molecular flexibility index (Phi) is 3.02. The van der Waals surface area contributed by atoms with Crippen molar-refractivity contribution in [1.29, 1.82) is 0 Å². The first-order valence-corrected chi connectivity index (χ1v) is 5.24. The van der Waals surface area contributed by atoms with E-state index >= 15 is 0 Å². The van der Waals surface area contributed by atoms with Gasteiger partial charge in [-0.2, -0.15) is 0 Å². The van der Waals surface area contributed by atoms with E-state index in [1.54, 1.807) is 0 Å². The van der Waals surface area contributed by atoms with Crippen molar-refractivity contribution in [2.75, 3.05) is 0 Å². The van der Waals surface area contributed by atoms with E-state index in [1.165, 1.54) is 5.56 Å². The minimum atomic E-state index is 0.462. The van der Waals surface area contributed by atoms with E-state index in [2.05, 4.69) is 22.3 Å². The largest absolute Gasteiger partial charge is 0.302 e. The van der Waals surface area contributed by atoms with Gasteiger partial charge in [0.25, 0.3) is 0 Å². The number of rotatable bonds is 3. The van der Waals surface area contributed by atoms with Crippen molar-refractivity contribution >= 4 is 11.6 Å². The topological polar surface area (TPSA) is 30.7 Å². The summed E-state index contributed by atoms with van der Waals surface area (Å²) in [6, 6.07) is 10.3. The molecule has 0 aliphatic carbocycles. The Morgan fingerprint density at radius 3 is 2.53 bits per heavy atom. The van der Waals surface area contributed by atoms with Crippen LogP contribution in [-0.4, -0.2) is 14.8 Å². The molecule has 0 saturated heterocycles. The summed E-state index contributed by atoms with van der Waals surface area (Å²) in [6.45, 7) is 2.73. The quantitative estimate of drug-likeness (QED) is 0.797. The molecule has 0 atom stereocenters. The van der Waals surface area contributed by atoms with E-state index in [9.17, 15) is 0 Å². The van der Waals surface area contributed by atoms with Crippen molar-refractivity contribution in [1.82, 2.24) is 14.8 Å². The monoisotopic (exact) mass is 221 g/mol. The van der Waals surface area contributed by atoms with Crippen LogP contribution in [0.15, 0.2) is 30.3 Å². The summed E-state index contributed by atoms with van der Waals surface area (Å²) < 4.78 is 1.91. The van der Waals surface area contributed by atoms with Gasteiger partial charge in [-0.05, 0) is 30.5 Å². The fourth-order valence-electron chi connectivity index (χ4n) is 1.49. The summed E-state index contributed by atoms with van der Waals surface area (Å²) in [4.78, 5) is 0. The molecule has 0 amide bonds. The second-order valence-corrected chi connectivity index (χ2v) is 3.74. The number of aromatic nitrogens is 3. The highest BCUT2D eigenvalue weighted by molar-refractivity contribution is 6.28. The predicted molar refractivity (Wildman–Crippen MR) is 59.9 cm³/mol. The van der Waals surface area contributed by atoms with Gasteiger partial charge in [-0.25, -0.2) is 0 Å². The molecule has 0 aliphatic heterocycles. The first-order valence-electron chi connectivity index (χ1n) is 4.86. The SMILES string of the molecule is Cc1nnc(Cl)n1CCc1ccccc1. The second kappa shape index (κ2) is 4.45. The van der Waals surface area contributed by atoms with Gasteiger partial charge < -0.3 is 4.57 Å². The van der Waals surface area contributed by atoms with Gasteiger partial charge in [-0.3, -0.25) is 0 Å². The summed E-state index contributed by atoms with van der Waals surface area (Å²) in [7, 11) is 0. The molecule has 1 heterocycles. The molecule has 0 N–H and O–H groups in total. The Hall–Kier alpha value is -1.35. The summed E-state index contributed by atoms with van der Waals surface area (Å²) in [5, 5.41) is 8.18. The molecule has 15 heavy (non-hydrogen) atoms. The van der Waals surface area contributed by atoms with Gasteiger partial charge >= 0.3 is 0 Å². The van der Waals surface area contributed by atoms with Crippen LogP contribution in [-0.2, 0) is 13.0 Å². The van der Waals surface area contributed by atoms with Crippen LogP contribution < -0.4 is 0 Å². The van der Waals surface area contributed by atoms with Crippen LogP contribution in [0.25, 0.3) is 0 Å². The molecule has 0 aliphatic rings. The molecular weight excluding hydrogens is 210 g/mol. The molecule has 0 fully saturated rings. The van der Waals surface area contributed by atoms with E-state index in [0.29, 0.717) is 5.28 Å². The lowest BCUT2D eigenvalue weighted by Gasteiger charge is -2.04. The Bertz CT molecular complexity index is 417. The highest BCUT2D eigenvalue weighted by atomic mass is 35.5. The third-order valence-electron chi connectivity index (χ3n) is 2.36. The van der Waals surface area contributed by atoms with Crippen LogP contribution in [0.2, 0.25) is 5.28 Å². The molecule has 0 saturated carbocycles. The van der Waals surface area contributed by atoms with Gasteiger partial charge in [0, 0.05) is 6.54 Å². The van der Waals surface area contributed by atoms with Crippen molar-refractivity contribution in [3.63, 3.8) is 0 Å². The van der Waals surface area contributed by atoms with Crippen molar-refractivity contribution < 1.29 is 0 Å². The minimum Gasteiger partial charge on any atom is -0.302 e. The minimum absolute atomic E-state index is 0.462. The third kappa shape index (κ3) is 2.36. The fourth-order valence-corrected chi connectivity index (χ4v) is 1.74. The maximum Gasteiger partial charge on any atom is 0.225 e. The predicted octanol–water partition coefficient (Wildman–Crippen LogP) is 2.48. The highest BCUT2D eigenvalue weighted by Gasteiger charge is 2.05. The number of benzene rings is 1. The molecule has 78 valence electrons. The maximum absolute atomic E-state index is 5.90. The summed E-state index contributed by atoms with van der Waals surface area (Å²) in [6.07, 6.45) is 0.944. The average molecular weight is 222 g/mol. The Balaban J connectivity index is 2.05. The number of aryl methyl sites for hydroxylation is 2. The molecule has 1 aromatic heterocycles. The van der Waals surface area contributed by atoms with Gasteiger partial charge in [0.2, 0.25) is 5.28 Å². The Morgan fingerprint density at radius 1 is 1.20 bits per heavy atom. The molecular formula is C11H12ClN3. The lowest BCUT2D eigenvalue weighted by Crippen LogP contribution is -2.03. The van der Waals surface area contributed by atoms with Gasteiger partial charge in [-0.1, -0.05) is 30.3 Å². The van der Waals surface area contributed by atoms with Crippen LogP contribution in [0, 0.1) is 6.92 Å². The van der Waals surface area contributed by atoms with Crippen LogP contribution in [0.4, 0.5) is 0 Å². The van der Waals surface area contributed by atoms with Crippen LogP contribution in [0.5, 0.6) is 0 Å². The Labute approximate surface area is 93.7 Å². The lowest BCUT2D eigenvalue weighted by atomic mass is 10.1. The van der Waals surface area contributed by atoms with Crippen molar-refractivity contribution in [3.8, 4) is 0 Å². The summed E-state index contributed by atoms with van der Waals surface area (Å²) in [5.74, 6) is 0.857. The summed E-state index contributed by atoms with van der Waals surface area (Å²) in [5.41, 5.74) is 1.29. The number of hydrogen-bond acceptors (Lipinski definition) is 2. The zero-order valence-electron chi connectivity index (χ0n) is 8.52. The molecule has 2 aromatic rings. The molecule has 0 spiro atoms. The van der Waals surface area contributed by atoms with E-state index in [4.69, 9.17) is 11.6 Å². The number of hydrogen-bond donors (Lipinski definition) is 0. The smallest absolute Gasteiger partial charge is 0.225 e. The van der Waals surface area contributed by atoms with E-state index < -0.39 is 0 Å². The molecule has 4 heteroatoms. The third-order valence-corrected chi connectivity index (χ3v) is 2.64. The molecule has 3 nitrogen and oxygen atoms in total. The molecule has 2 rings (SSSR count). The van der Waals surface area contributed by atoms with Crippen molar-refractivity contribution in [3.05, 3.63) is 47.0 Å². The first-order chi connectivity index (χ1) is 7.27. The van der Waals surface area contributed by atoms with Gasteiger partial charge in [0.05, 0.1) is 0 Å². The lowest BCUT2D eigenvalue weighted by molar-refractivity contribution is 0.673. The van der Waals surface area contributed by atoms with Crippen LogP contribution in [0.3, 0.4) is 0 Å². The van der Waals surface area contributed by atoms with Gasteiger partial charge in [0.15, 0.2) is 0 Å². The second-order valence-electron chi connectivity index (χ2n) is 3.40. The standard InChI is InChI=1S/C11H12ClN3/c1-9-13-14-11(12)15(9)8-7-10-5-3-2-4-6-10/h2-6H,7-8H2,1H3. The zero-order valence-corrected chi connectivity index (χ0v) is 9.28. The number of nitrogens with zero attached hydrogens (tertiary/aromatic N) is 3. The van der Waals surface area contributed by atoms with E-state index in [0.717, 1.165) is 18.8 Å². The zero-order chi connectivity index (χ0) is 10.7. The average Bonchev–Trinajstić information content (AvgIpc) is 2.58. The summed E-state index contributed by atoms with van der Waals surface area (Å²) >= 11 is 5.90. The molecule has 0 radical (unpaired) electrons. The Morgan fingerprint density at radius 2 is 1.93 bits per heavy atom. The first kappa shape index (κ1) is 10.2. The van der Waals surface area contributed by atoms with E-state index in [1.807, 2.05) is 29.7 Å². The number of halogens is 1. The molecule has 0 unspecified atom stereocenters. The van der Waals surface area contributed by atoms with Crippen molar-refractivity contribution in [2.45, 2.75) is 19.9 Å². The molecule has 1 aromatic carbocycles. The normalized spacial score (nSPS) is 10.5. The van der Waals surface area contributed by atoms with Crippen molar-refractivity contribution in [2.24, 2.45) is 0 Å².